The number of rotatable bonds is 0. The number of aromatic amines is 1. The molecule has 0 bridgehead atoms. The Hall–Kier alpha value is -2.55. The van der Waals surface area contributed by atoms with E-state index in [0.29, 0.717) is 0 Å². The van der Waals surface area contributed by atoms with Crippen LogP contribution in [0.1, 0.15) is 11.1 Å². The van der Waals surface area contributed by atoms with Gasteiger partial charge in [-0.3, -0.25) is 4.68 Å². The number of nitrogens with one attached hydrogen (secondary N) is 1. The number of H-pyrrole nitrogens is 1. The molecule has 2 aromatic carbocycles. The van der Waals surface area contributed by atoms with Gasteiger partial charge in [0, 0.05) is 22.8 Å². The topological polar surface area (TPSA) is 33.6 Å². The summed E-state index contributed by atoms with van der Waals surface area (Å²) in [5, 5.41) is 7.41. The van der Waals surface area contributed by atoms with Crippen molar-refractivity contribution in [1.82, 2.24) is 14.8 Å². The molecule has 0 amide bonds. The van der Waals surface area contributed by atoms with Crippen LogP contribution in [0.5, 0.6) is 0 Å². The maximum Gasteiger partial charge on any atom is 0.0933 e. The van der Waals surface area contributed by atoms with Crippen LogP contribution < -0.4 is 0 Å². The van der Waals surface area contributed by atoms with Crippen molar-refractivity contribution in [2.45, 2.75) is 19.9 Å². The van der Waals surface area contributed by atoms with Crippen LogP contribution in [0.15, 0.2) is 42.5 Å². The van der Waals surface area contributed by atoms with Gasteiger partial charge in [0.25, 0.3) is 0 Å². The minimum atomic E-state index is 0.957. The minimum Gasteiger partial charge on any atom is -0.353 e. The van der Waals surface area contributed by atoms with Gasteiger partial charge in [-0.1, -0.05) is 30.3 Å². The van der Waals surface area contributed by atoms with E-state index in [1.807, 2.05) is 0 Å². The molecular formula is C18H15N3. The smallest absolute Gasteiger partial charge is 0.0933 e. The van der Waals surface area contributed by atoms with Crippen molar-refractivity contribution in [3.05, 3.63) is 53.6 Å². The van der Waals surface area contributed by atoms with Crippen LogP contribution in [-0.4, -0.2) is 14.8 Å². The summed E-state index contributed by atoms with van der Waals surface area (Å²) in [6, 6.07) is 14.9. The Balaban J connectivity index is 1.96. The van der Waals surface area contributed by atoms with Crippen LogP contribution in [0.4, 0.5) is 0 Å². The molecule has 0 saturated carbocycles. The molecule has 3 nitrogen and oxygen atoms in total. The van der Waals surface area contributed by atoms with E-state index >= 15 is 0 Å². The van der Waals surface area contributed by atoms with E-state index in [0.717, 1.165) is 18.5 Å². The lowest BCUT2D eigenvalue weighted by atomic mass is 9.99. The maximum absolute atomic E-state index is 4.78. The molecule has 0 radical (unpaired) electrons. The summed E-state index contributed by atoms with van der Waals surface area (Å²) in [7, 11) is 0. The lowest BCUT2D eigenvalue weighted by Gasteiger charge is -2.15. The van der Waals surface area contributed by atoms with Gasteiger partial charge in [-0.25, -0.2) is 0 Å². The second kappa shape index (κ2) is 3.76. The Kier molecular flexibility index (Phi) is 1.99. The predicted molar refractivity (Wildman–Crippen MR) is 85.5 cm³/mol. The summed E-state index contributed by atoms with van der Waals surface area (Å²) in [6.07, 6.45) is 1.04. The van der Waals surface area contributed by atoms with E-state index in [4.69, 9.17) is 5.10 Å². The molecule has 0 unspecified atom stereocenters. The van der Waals surface area contributed by atoms with Crippen molar-refractivity contribution in [2.75, 3.05) is 0 Å². The highest BCUT2D eigenvalue weighted by atomic mass is 15.3. The Morgan fingerprint density at radius 1 is 1.10 bits per heavy atom. The quantitative estimate of drug-likeness (QED) is 0.515. The standard InChI is InChI=1S/C18H15N3/c1-11-5-4-8-15-16(11)18-17-13(9-10-21(18)20-15)12-6-2-3-7-14(12)19-17/h2-8,19H,9-10H2,1H3. The van der Waals surface area contributed by atoms with E-state index in [1.54, 1.807) is 0 Å². The third-order valence-corrected chi connectivity index (χ3v) is 4.60. The molecule has 1 N–H and O–H groups in total. The van der Waals surface area contributed by atoms with Crippen LogP contribution in [0.25, 0.3) is 33.2 Å². The van der Waals surface area contributed by atoms with E-state index in [9.17, 15) is 0 Å². The molecule has 3 heteroatoms. The summed E-state index contributed by atoms with van der Waals surface area (Å²) in [5.41, 5.74) is 7.54. The van der Waals surface area contributed by atoms with Crippen molar-refractivity contribution < 1.29 is 0 Å². The fourth-order valence-corrected chi connectivity index (χ4v) is 3.65. The first-order valence-corrected chi connectivity index (χ1v) is 7.39. The molecule has 0 fully saturated rings. The summed E-state index contributed by atoms with van der Waals surface area (Å²) < 4.78 is 2.16. The Morgan fingerprint density at radius 2 is 2.00 bits per heavy atom. The normalized spacial score (nSPS) is 13.6. The average Bonchev–Trinajstić information content (AvgIpc) is 3.05. The van der Waals surface area contributed by atoms with E-state index in [1.165, 1.54) is 38.8 Å². The fourth-order valence-electron chi connectivity index (χ4n) is 3.65. The number of hydrogen-bond acceptors (Lipinski definition) is 1. The Labute approximate surface area is 122 Å². The molecule has 1 aliphatic rings. The number of aryl methyl sites for hydroxylation is 3. The van der Waals surface area contributed by atoms with Gasteiger partial charge in [0.05, 0.1) is 16.9 Å². The van der Waals surface area contributed by atoms with Gasteiger partial charge in [0.2, 0.25) is 0 Å². The van der Waals surface area contributed by atoms with Gasteiger partial charge in [-0.2, -0.15) is 5.10 Å². The second-order valence-corrected chi connectivity index (χ2v) is 5.81. The number of hydrogen-bond donors (Lipinski definition) is 1. The first-order valence-electron chi connectivity index (χ1n) is 7.39. The van der Waals surface area contributed by atoms with Gasteiger partial charge in [-0.05, 0) is 36.6 Å². The van der Waals surface area contributed by atoms with Gasteiger partial charge in [0.1, 0.15) is 0 Å². The first-order chi connectivity index (χ1) is 10.3. The van der Waals surface area contributed by atoms with Gasteiger partial charge in [-0.15, -0.1) is 0 Å². The van der Waals surface area contributed by atoms with Crippen molar-refractivity contribution in [3.63, 3.8) is 0 Å². The Bertz CT molecular complexity index is 1000. The zero-order valence-corrected chi connectivity index (χ0v) is 11.9. The summed E-state index contributed by atoms with van der Waals surface area (Å²) in [5.74, 6) is 0. The highest BCUT2D eigenvalue weighted by molar-refractivity contribution is 6.00. The summed E-state index contributed by atoms with van der Waals surface area (Å²) >= 11 is 0. The molecular weight excluding hydrogens is 258 g/mol. The number of fused-ring (bicyclic) bond motifs is 7. The van der Waals surface area contributed by atoms with Gasteiger partial charge in [0.15, 0.2) is 0 Å². The maximum atomic E-state index is 4.78. The average molecular weight is 273 g/mol. The van der Waals surface area contributed by atoms with Crippen LogP contribution in [0.2, 0.25) is 0 Å². The summed E-state index contributed by atoms with van der Waals surface area (Å²) in [6.45, 7) is 3.13. The fraction of sp³-hybridized carbons (Fsp3) is 0.167. The zero-order chi connectivity index (χ0) is 14.0. The molecule has 0 spiro atoms. The van der Waals surface area contributed by atoms with Crippen molar-refractivity contribution >= 4 is 21.8 Å². The molecule has 0 aliphatic carbocycles. The van der Waals surface area contributed by atoms with Crippen LogP contribution in [-0.2, 0) is 13.0 Å². The third-order valence-electron chi connectivity index (χ3n) is 4.60. The lowest BCUT2D eigenvalue weighted by Crippen LogP contribution is -2.11. The molecule has 102 valence electrons. The number of para-hydroxylation sites is 1. The first kappa shape index (κ1) is 11.1. The van der Waals surface area contributed by atoms with Crippen molar-refractivity contribution in [2.24, 2.45) is 0 Å². The van der Waals surface area contributed by atoms with E-state index in [-0.39, 0.29) is 0 Å². The van der Waals surface area contributed by atoms with E-state index < -0.39 is 0 Å². The molecule has 4 aromatic rings. The SMILES string of the molecule is Cc1cccc2nn3c(c12)-c1[nH]c2ccccc2c1CC3. The molecule has 21 heavy (non-hydrogen) atoms. The number of nitrogens with zero attached hydrogens (tertiary/aromatic N) is 2. The molecule has 5 rings (SSSR count). The number of aromatic nitrogens is 3. The lowest BCUT2D eigenvalue weighted by molar-refractivity contribution is 0.614. The van der Waals surface area contributed by atoms with Crippen LogP contribution in [0, 0.1) is 6.92 Å². The minimum absolute atomic E-state index is 0.957. The largest absolute Gasteiger partial charge is 0.353 e. The molecule has 3 heterocycles. The zero-order valence-electron chi connectivity index (χ0n) is 11.9. The molecule has 2 aromatic heterocycles. The monoisotopic (exact) mass is 273 g/mol. The second-order valence-electron chi connectivity index (χ2n) is 5.81. The van der Waals surface area contributed by atoms with Crippen LogP contribution in [0.3, 0.4) is 0 Å². The Morgan fingerprint density at radius 3 is 2.95 bits per heavy atom. The van der Waals surface area contributed by atoms with Gasteiger partial charge < -0.3 is 4.98 Å². The van der Waals surface area contributed by atoms with Gasteiger partial charge >= 0.3 is 0 Å². The van der Waals surface area contributed by atoms with E-state index in [2.05, 4.69) is 59.1 Å². The predicted octanol–water partition coefficient (Wildman–Crippen LogP) is 4.05. The highest BCUT2D eigenvalue weighted by Crippen LogP contribution is 2.39. The molecule has 0 atom stereocenters. The third kappa shape index (κ3) is 1.35. The van der Waals surface area contributed by atoms with Crippen molar-refractivity contribution in [3.8, 4) is 11.4 Å². The summed E-state index contributed by atoms with van der Waals surface area (Å²) in [4.78, 5) is 3.62. The van der Waals surface area contributed by atoms with Crippen LogP contribution >= 0.6 is 0 Å². The van der Waals surface area contributed by atoms with Crippen molar-refractivity contribution in [1.29, 1.82) is 0 Å². The highest BCUT2D eigenvalue weighted by Gasteiger charge is 2.24. The number of benzene rings is 2. The molecule has 0 saturated heterocycles. The molecule has 1 aliphatic heterocycles.